The van der Waals surface area contributed by atoms with Gasteiger partial charge in [-0.05, 0) is 53.0 Å². The van der Waals surface area contributed by atoms with Gasteiger partial charge in [-0.3, -0.25) is 9.59 Å². The second kappa shape index (κ2) is 8.55. The van der Waals surface area contributed by atoms with E-state index in [4.69, 9.17) is 4.52 Å². The average molecular weight is 501 g/mol. The molecule has 3 aromatic rings. The second-order valence-corrected chi connectivity index (χ2v) is 10.4. The van der Waals surface area contributed by atoms with Crippen LogP contribution in [0.2, 0.25) is 0 Å². The van der Waals surface area contributed by atoms with Crippen LogP contribution in [0.25, 0.3) is 10.7 Å². The molecule has 2 saturated heterocycles. The van der Waals surface area contributed by atoms with E-state index < -0.39 is 0 Å². The molecule has 0 unspecified atom stereocenters. The summed E-state index contributed by atoms with van der Waals surface area (Å²) < 4.78 is 6.54. The van der Waals surface area contributed by atoms with Crippen molar-refractivity contribution in [3.63, 3.8) is 0 Å². The Morgan fingerprint density at radius 1 is 1.13 bits per heavy atom. The molecule has 1 atom stereocenters. The van der Waals surface area contributed by atoms with Crippen molar-refractivity contribution in [3.05, 3.63) is 52.1 Å². The van der Waals surface area contributed by atoms with E-state index in [0.29, 0.717) is 31.3 Å². The highest BCUT2D eigenvalue weighted by Crippen LogP contribution is 2.33. The minimum absolute atomic E-state index is 0.0121. The Labute approximate surface area is 192 Å². The molecular formula is C22H21BrN4O3S. The van der Waals surface area contributed by atoms with Crippen molar-refractivity contribution in [1.29, 1.82) is 0 Å². The van der Waals surface area contributed by atoms with Crippen LogP contribution >= 0.6 is 27.3 Å². The van der Waals surface area contributed by atoms with Crippen LogP contribution in [0.4, 0.5) is 5.69 Å². The molecule has 2 aliphatic heterocycles. The molecule has 1 aromatic carbocycles. The van der Waals surface area contributed by atoms with Gasteiger partial charge in [-0.1, -0.05) is 23.4 Å². The van der Waals surface area contributed by atoms with E-state index in [1.54, 1.807) is 16.2 Å². The van der Waals surface area contributed by atoms with Crippen LogP contribution in [0.1, 0.15) is 31.1 Å². The molecular weight excluding hydrogens is 480 g/mol. The number of carbonyl (C=O) groups is 2. The number of para-hydroxylation sites is 1. The van der Waals surface area contributed by atoms with Crippen molar-refractivity contribution in [1.82, 2.24) is 15.0 Å². The minimum Gasteiger partial charge on any atom is -0.342 e. The second-order valence-electron chi connectivity index (χ2n) is 7.90. The first-order chi connectivity index (χ1) is 15.1. The molecule has 0 spiro atoms. The largest absolute Gasteiger partial charge is 0.342 e. The van der Waals surface area contributed by atoms with E-state index in [1.807, 2.05) is 47.4 Å². The van der Waals surface area contributed by atoms with Crippen LogP contribution in [0.15, 0.2) is 50.8 Å². The maximum absolute atomic E-state index is 13.0. The fraction of sp³-hybridized carbons (Fsp3) is 0.364. The van der Waals surface area contributed by atoms with E-state index in [1.165, 1.54) is 0 Å². The summed E-state index contributed by atoms with van der Waals surface area (Å²) in [7, 11) is 0. The van der Waals surface area contributed by atoms with Crippen LogP contribution in [-0.4, -0.2) is 46.5 Å². The Morgan fingerprint density at radius 2 is 1.90 bits per heavy atom. The van der Waals surface area contributed by atoms with Crippen LogP contribution in [0.5, 0.6) is 0 Å². The van der Waals surface area contributed by atoms with Crippen LogP contribution < -0.4 is 4.90 Å². The number of amides is 2. The number of hydrogen-bond donors (Lipinski definition) is 0. The number of rotatable bonds is 4. The van der Waals surface area contributed by atoms with Gasteiger partial charge >= 0.3 is 0 Å². The topological polar surface area (TPSA) is 79.5 Å². The minimum atomic E-state index is -0.281. The van der Waals surface area contributed by atoms with Crippen molar-refractivity contribution in [2.75, 3.05) is 24.5 Å². The monoisotopic (exact) mass is 500 g/mol. The molecule has 2 fully saturated rings. The Bertz CT molecular complexity index is 1090. The van der Waals surface area contributed by atoms with Gasteiger partial charge in [0.25, 0.3) is 0 Å². The standard InChI is InChI=1S/C22H21BrN4O3S/c23-18-7-6-17(31-18)20-24-21(30-25-20)14-8-10-26(11-9-14)22(29)15-12-19(28)27(13-15)16-4-2-1-3-5-16/h1-7,14-15H,8-13H2/t15-/m0/s1. The van der Waals surface area contributed by atoms with Crippen LogP contribution in [-0.2, 0) is 9.59 Å². The highest BCUT2D eigenvalue weighted by Gasteiger charge is 2.38. The molecule has 0 saturated carbocycles. The Balaban J connectivity index is 1.19. The summed E-state index contributed by atoms with van der Waals surface area (Å²) in [6.07, 6.45) is 1.84. The molecule has 0 N–H and O–H groups in total. The number of halogens is 1. The molecule has 0 radical (unpaired) electrons. The van der Waals surface area contributed by atoms with E-state index in [0.717, 1.165) is 27.2 Å². The molecule has 31 heavy (non-hydrogen) atoms. The molecule has 2 amide bonds. The summed E-state index contributed by atoms with van der Waals surface area (Å²) >= 11 is 5.02. The van der Waals surface area contributed by atoms with Crippen molar-refractivity contribution in [2.24, 2.45) is 5.92 Å². The summed E-state index contributed by atoms with van der Waals surface area (Å²) in [4.78, 5) is 34.6. The SMILES string of the molecule is O=C([C@H]1CC(=O)N(c2ccccc2)C1)N1CCC(c2nc(-c3ccc(Br)s3)no2)CC1. The number of aromatic nitrogens is 2. The first kappa shape index (κ1) is 20.4. The highest BCUT2D eigenvalue weighted by molar-refractivity contribution is 9.11. The van der Waals surface area contributed by atoms with Gasteiger partial charge in [0.2, 0.25) is 23.5 Å². The zero-order chi connectivity index (χ0) is 21.4. The normalized spacial score (nSPS) is 19.9. The van der Waals surface area contributed by atoms with Gasteiger partial charge in [0.15, 0.2) is 0 Å². The zero-order valence-corrected chi connectivity index (χ0v) is 19.1. The van der Waals surface area contributed by atoms with Gasteiger partial charge in [-0.25, -0.2) is 0 Å². The third-order valence-electron chi connectivity index (χ3n) is 5.93. The Hall–Kier alpha value is -2.52. The number of thiophene rings is 1. The fourth-order valence-corrected chi connectivity index (χ4v) is 5.58. The summed E-state index contributed by atoms with van der Waals surface area (Å²) in [5.74, 6) is 1.20. The van der Waals surface area contributed by atoms with Crippen molar-refractivity contribution in [3.8, 4) is 10.7 Å². The zero-order valence-electron chi connectivity index (χ0n) is 16.7. The lowest BCUT2D eigenvalue weighted by molar-refractivity contribution is -0.136. The molecule has 7 nitrogen and oxygen atoms in total. The number of anilines is 1. The van der Waals surface area contributed by atoms with Gasteiger partial charge in [0.1, 0.15) is 0 Å². The lowest BCUT2D eigenvalue weighted by Crippen LogP contribution is -2.42. The predicted molar refractivity (Wildman–Crippen MR) is 121 cm³/mol. The maximum atomic E-state index is 13.0. The van der Waals surface area contributed by atoms with E-state index in [-0.39, 0.29) is 30.1 Å². The van der Waals surface area contributed by atoms with Gasteiger partial charge < -0.3 is 14.3 Å². The van der Waals surface area contributed by atoms with Gasteiger partial charge in [-0.15, -0.1) is 11.3 Å². The number of likely N-dealkylation sites (tertiary alicyclic amines) is 1. The summed E-state index contributed by atoms with van der Waals surface area (Å²) in [5, 5.41) is 4.12. The van der Waals surface area contributed by atoms with E-state index in [2.05, 4.69) is 26.1 Å². The van der Waals surface area contributed by atoms with E-state index in [9.17, 15) is 9.59 Å². The summed E-state index contributed by atoms with van der Waals surface area (Å²) in [5.41, 5.74) is 0.853. The number of nitrogens with zero attached hydrogens (tertiary/aromatic N) is 4. The van der Waals surface area contributed by atoms with Crippen molar-refractivity contribution < 1.29 is 14.1 Å². The summed E-state index contributed by atoms with van der Waals surface area (Å²) in [6.45, 7) is 1.73. The number of piperidine rings is 1. The lowest BCUT2D eigenvalue weighted by Gasteiger charge is -2.32. The third kappa shape index (κ3) is 4.16. The van der Waals surface area contributed by atoms with Gasteiger partial charge in [0, 0.05) is 37.7 Å². The Kier molecular flexibility index (Phi) is 5.62. The average Bonchev–Trinajstić information content (AvgIpc) is 3.54. The third-order valence-corrected chi connectivity index (χ3v) is 7.55. The van der Waals surface area contributed by atoms with Gasteiger partial charge in [0.05, 0.1) is 14.6 Å². The molecule has 5 rings (SSSR count). The number of benzene rings is 1. The number of hydrogen-bond acceptors (Lipinski definition) is 6. The van der Waals surface area contributed by atoms with E-state index >= 15 is 0 Å². The predicted octanol–water partition coefficient (Wildman–Crippen LogP) is 4.32. The summed E-state index contributed by atoms with van der Waals surface area (Å²) in [6, 6.07) is 13.5. The molecule has 9 heteroatoms. The number of carbonyl (C=O) groups excluding carboxylic acids is 2. The Morgan fingerprint density at radius 3 is 2.61 bits per heavy atom. The molecule has 2 aromatic heterocycles. The van der Waals surface area contributed by atoms with Crippen molar-refractivity contribution >= 4 is 44.8 Å². The van der Waals surface area contributed by atoms with Crippen molar-refractivity contribution in [2.45, 2.75) is 25.2 Å². The molecule has 160 valence electrons. The quantitative estimate of drug-likeness (QED) is 0.532. The smallest absolute Gasteiger partial charge is 0.230 e. The fourth-order valence-electron chi connectivity index (χ4n) is 4.27. The molecule has 0 bridgehead atoms. The first-order valence-electron chi connectivity index (χ1n) is 10.3. The lowest BCUT2D eigenvalue weighted by atomic mass is 9.95. The molecule has 4 heterocycles. The van der Waals surface area contributed by atoms with Crippen LogP contribution in [0.3, 0.4) is 0 Å². The first-order valence-corrected chi connectivity index (χ1v) is 11.9. The highest BCUT2D eigenvalue weighted by atomic mass is 79.9. The van der Waals surface area contributed by atoms with Crippen LogP contribution in [0, 0.1) is 5.92 Å². The maximum Gasteiger partial charge on any atom is 0.230 e. The molecule has 0 aliphatic carbocycles. The molecule has 2 aliphatic rings. The van der Waals surface area contributed by atoms with Gasteiger partial charge in [-0.2, -0.15) is 4.98 Å².